The Balaban J connectivity index is 2.43. The summed E-state index contributed by atoms with van der Waals surface area (Å²) < 4.78 is 2.20. The van der Waals surface area contributed by atoms with Crippen molar-refractivity contribution in [2.75, 3.05) is 7.05 Å². The van der Waals surface area contributed by atoms with Crippen LogP contribution in [0.4, 0.5) is 0 Å². The SMILES string of the molecule is CNC(C)c1ccn(CCCC(C)(C)C#N)c1. The maximum absolute atomic E-state index is 8.93. The van der Waals surface area contributed by atoms with Gasteiger partial charge < -0.3 is 9.88 Å². The minimum Gasteiger partial charge on any atom is -0.354 e. The van der Waals surface area contributed by atoms with Crippen molar-refractivity contribution in [1.82, 2.24) is 9.88 Å². The molecule has 0 aliphatic carbocycles. The minimum atomic E-state index is -0.200. The maximum Gasteiger partial charge on any atom is 0.0683 e. The van der Waals surface area contributed by atoms with Crippen molar-refractivity contribution in [3.8, 4) is 6.07 Å². The van der Waals surface area contributed by atoms with Crippen LogP contribution in [0.2, 0.25) is 0 Å². The fourth-order valence-corrected chi connectivity index (χ4v) is 1.78. The quantitative estimate of drug-likeness (QED) is 0.820. The molecule has 1 rings (SSSR count). The molecular weight excluding hydrogens is 210 g/mol. The Morgan fingerprint density at radius 2 is 2.24 bits per heavy atom. The molecule has 1 aromatic heterocycles. The smallest absolute Gasteiger partial charge is 0.0683 e. The molecule has 0 radical (unpaired) electrons. The van der Waals surface area contributed by atoms with Gasteiger partial charge in [-0.1, -0.05) is 0 Å². The molecule has 94 valence electrons. The van der Waals surface area contributed by atoms with Crippen LogP contribution in [-0.4, -0.2) is 11.6 Å². The fourth-order valence-electron chi connectivity index (χ4n) is 1.78. The van der Waals surface area contributed by atoms with Gasteiger partial charge in [-0.2, -0.15) is 5.26 Å². The van der Waals surface area contributed by atoms with E-state index in [9.17, 15) is 0 Å². The number of nitriles is 1. The number of hydrogen-bond donors (Lipinski definition) is 1. The Labute approximate surface area is 104 Å². The first-order valence-corrected chi connectivity index (χ1v) is 6.23. The Hall–Kier alpha value is -1.27. The third-order valence-corrected chi connectivity index (χ3v) is 3.23. The fraction of sp³-hybridized carbons (Fsp3) is 0.643. The van der Waals surface area contributed by atoms with Crippen molar-refractivity contribution in [3.05, 3.63) is 24.0 Å². The molecule has 0 spiro atoms. The van der Waals surface area contributed by atoms with Crippen molar-refractivity contribution >= 4 is 0 Å². The monoisotopic (exact) mass is 233 g/mol. The molecule has 1 atom stereocenters. The highest BCUT2D eigenvalue weighted by molar-refractivity contribution is 5.14. The molecular formula is C14H23N3. The standard InChI is InChI=1S/C14H23N3/c1-12(16-4)13-6-9-17(10-13)8-5-7-14(2,3)11-15/h6,9-10,12,16H,5,7-8H2,1-4H3. The second-order valence-corrected chi connectivity index (χ2v) is 5.29. The van der Waals surface area contributed by atoms with Gasteiger partial charge in [-0.05, 0) is 52.3 Å². The minimum absolute atomic E-state index is 0.200. The van der Waals surface area contributed by atoms with Crippen LogP contribution in [0.15, 0.2) is 18.5 Å². The first-order valence-electron chi connectivity index (χ1n) is 6.23. The molecule has 0 saturated heterocycles. The van der Waals surface area contributed by atoms with Gasteiger partial charge in [-0.25, -0.2) is 0 Å². The molecule has 0 bridgehead atoms. The van der Waals surface area contributed by atoms with Crippen LogP contribution < -0.4 is 5.32 Å². The first-order chi connectivity index (χ1) is 7.98. The second-order valence-electron chi connectivity index (χ2n) is 5.29. The van der Waals surface area contributed by atoms with Gasteiger partial charge in [0.2, 0.25) is 0 Å². The lowest BCUT2D eigenvalue weighted by Gasteiger charge is -2.14. The van der Waals surface area contributed by atoms with E-state index in [4.69, 9.17) is 5.26 Å². The molecule has 1 aromatic rings. The summed E-state index contributed by atoms with van der Waals surface area (Å²) in [5, 5.41) is 12.2. The van der Waals surface area contributed by atoms with E-state index in [1.54, 1.807) is 0 Å². The molecule has 0 aliphatic rings. The van der Waals surface area contributed by atoms with Crippen molar-refractivity contribution in [3.63, 3.8) is 0 Å². The lowest BCUT2D eigenvalue weighted by Crippen LogP contribution is -2.11. The first kappa shape index (κ1) is 13.8. The summed E-state index contributed by atoms with van der Waals surface area (Å²) in [6.45, 7) is 7.13. The Morgan fingerprint density at radius 1 is 1.53 bits per heavy atom. The van der Waals surface area contributed by atoms with Crippen molar-refractivity contribution < 1.29 is 0 Å². The number of nitrogens with zero attached hydrogens (tertiary/aromatic N) is 2. The van der Waals surface area contributed by atoms with E-state index in [1.807, 2.05) is 20.9 Å². The summed E-state index contributed by atoms with van der Waals surface area (Å²) >= 11 is 0. The van der Waals surface area contributed by atoms with E-state index in [0.717, 1.165) is 19.4 Å². The number of aromatic nitrogens is 1. The molecule has 0 saturated carbocycles. The van der Waals surface area contributed by atoms with Gasteiger partial charge in [-0.15, -0.1) is 0 Å². The molecule has 0 amide bonds. The van der Waals surface area contributed by atoms with Crippen LogP contribution >= 0.6 is 0 Å². The van der Waals surface area contributed by atoms with Crippen molar-refractivity contribution in [1.29, 1.82) is 5.26 Å². The summed E-state index contributed by atoms with van der Waals surface area (Å²) in [5.74, 6) is 0. The highest BCUT2D eigenvalue weighted by Crippen LogP contribution is 2.21. The van der Waals surface area contributed by atoms with Gasteiger partial charge in [-0.3, -0.25) is 0 Å². The van der Waals surface area contributed by atoms with Gasteiger partial charge in [0.15, 0.2) is 0 Å². The summed E-state index contributed by atoms with van der Waals surface area (Å²) in [5.41, 5.74) is 1.11. The Bertz CT molecular complexity index is 384. The van der Waals surface area contributed by atoms with Crippen LogP contribution in [0, 0.1) is 16.7 Å². The molecule has 0 aliphatic heterocycles. The van der Waals surface area contributed by atoms with Gasteiger partial charge in [0, 0.05) is 25.0 Å². The van der Waals surface area contributed by atoms with Crippen LogP contribution in [0.1, 0.15) is 45.2 Å². The number of hydrogen-bond acceptors (Lipinski definition) is 2. The van der Waals surface area contributed by atoms with E-state index in [-0.39, 0.29) is 5.41 Å². The second kappa shape index (κ2) is 5.88. The molecule has 1 unspecified atom stereocenters. The number of rotatable bonds is 6. The normalized spacial score (nSPS) is 13.4. The Kier molecular flexibility index (Phi) is 4.77. The molecule has 17 heavy (non-hydrogen) atoms. The number of nitrogens with one attached hydrogen (secondary N) is 1. The average molecular weight is 233 g/mol. The largest absolute Gasteiger partial charge is 0.354 e. The molecule has 0 aromatic carbocycles. The van der Waals surface area contributed by atoms with Gasteiger partial charge in [0.25, 0.3) is 0 Å². The van der Waals surface area contributed by atoms with Gasteiger partial charge in [0.1, 0.15) is 0 Å². The van der Waals surface area contributed by atoms with E-state index in [0.29, 0.717) is 6.04 Å². The topological polar surface area (TPSA) is 40.8 Å². The zero-order valence-electron chi connectivity index (χ0n) is 11.3. The summed E-state index contributed by atoms with van der Waals surface area (Å²) in [6, 6.07) is 4.89. The highest BCUT2D eigenvalue weighted by Gasteiger charge is 2.15. The van der Waals surface area contributed by atoms with Crippen LogP contribution in [0.25, 0.3) is 0 Å². The zero-order valence-corrected chi connectivity index (χ0v) is 11.3. The third-order valence-electron chi connectivity index (χ3n) is 3.23. The Morgan fingerprint density at radius 3 is 2.82 bits per heavy atom. The predicted molar refractivity (Wildman–Crippen MR) is 70.5 cm³/mol. The number of aryl methyl sites for hydroxylation is 1. The maximum atomic E-state index is 8.93. The lowest BCUT2D eigenvalue weighted by atomic mass is 9.90. The van der Waals surface area contributed by atoms with Crippen LogP contribution in [-0.2, 0) is 6.54 Å². The van der Waals surface area contributed by atoms with Crippen LogP contribution in [0.5, 0.6) is 0 Å². The molecule has 3 heteroatoms. The average Bonchev–Trinajstić information content (AvgIpc) is 2.76. The summed E-state index contributed by atoms with van der Waals surface area (Å²) in [7, 11) is 1.97. The predicted octanol–water partition coefficient (Wildman–Crippen LogP) is 3.10. The molecule has 1 N–H and O–H groups in total. The van der Waals surface area contributed by atoms with E-state index in [1.165, 1.54) is 5.56 Å². The van der Waals surface area contributed by atoms with Gasteiger partial charge >= 0.3 is 0 Å². The third kappa shape index (κ3) is 4.24. The van der Waals surface area contributed by atoms with E-state index < -0.39 is 0 Å². The highest BCUT2D eigenvalue weighted by atomic mass is 14.9. The van der Waals surface area contributed by atoms with E-state index in [2.05, 4.69) is 41.3 Å². The van der Waals surface area contributed by atoms with Crippen LogP contribution in [0.3, 0.4) is 0 Å². The molecule has 3 nitrogen and oxygen atoms in total. The molecule has 0 fully saturated rings. The van der Waals surface area contributed by atoms with Gasteiger partial charge in [0.05, 0.1) is 11.5 Å². The molecule has 1 heterocycles. The van der Waals surface area contributed by atoms with E-state index >= 15 is 0 Å². The lowest BCUT2D eigenvalue weighted by molar-refractivity contribution is 0.415. The van der Waals surface area contributed by atoms with Crippen molar-refractivity contribution in [2.24, 2.45) is 5.41 Å². The summed E-state index contributed by atoms with van der Waals surface area (Å²) in [6.07, 6.45) is 6.28. The van der Waals surface area contributed by atoms with Crippen molar-refractivity contribution in [2.45, 2.75) is 46.2 Å². The zero-order chi connectivity index (χ0) is 12.9. The summed E-state index contributed by atoms with van der Waals surface area (Å²) in [4.78, 5) is 0.